The SMILES string of the molecule is O=C(Nc1ccc(Oc2ccc(NC(=O)[C@H]3CCCC[C@H]3C(=O)O)cc2)cc1)[C@H]1CCCC[C@H]1C(=O)O. The van der Waals surface area contributed by atoms with Crippen LogP contribution >= 0.6 is 0 Å². The van der Waals surface area contributed by atoms with Crippen molar-refractivity contribution in [2.24, 2.45) is 23.7 Å². The Morgan fingerprint density at radius 2 is 0.892 bits per heavy atom. The zero-order valence-electron chi connectivity index (χ0n) is 20.5. The second kappa shape index (κ2) is 11.9. The first-order valence-corrected chi connectivity index (χ1v) is 12.8. The number of amides is 2. The molecule has 2 aliphatic carbocycles. The van der Waals surface area contributed by atoms with Gasteiger partial charge in [0.25, 0.3) is 0 Å². The molecular weight excluding hydrogens is 476 g/mol. The molecule has 37 heavy (non-hydrogen) atoms. The molecule has 2 saturated carbocycles. The van der Waals surface area contributed by atoms with Crippen molar-refractivity contribution in [1.29, 1.82) is 0 Å². The Bertz CT molecular complexity index is 1040. The molecule has 0 heterocycles. The molecule has 4 rings (SSSR count). The Labute approximate surface area is 215 Å². The van der Waals surface area contributed by atoms with Crippen molar-refractivity contribution in [3.05, 3.63) is 48.5 Å². The number of benzene rings is 2. The Morgan fingerprint density at radius 3 is 1.22 bits per heavy atom. The normalized spacial score (nSPS) is 23.5. The van der Waals surface area contributed by atoms with Gasteiger partial charge in [-0.05, 0) is 74.2 Å². The maximum absolute atomic E-state index is 12.7. The summed E-state index contributed by atoms with van der Waals surface area (Å²) in [7, 11) is 0. The summed E-state index contributed by atoms with van der Waals surface area (Å²) in [5.41, 5.74) is 1.13. The first-order chi connectivity index (χ1) is 17.8. The molecule has 2 amide bonds. The smallest absolute Gasteiger partial charge is 0.307 e. The van der Waals surface area contributed by atoms with Gasteiger partial charge in [0.2, 0.25) is 11.8 Å². The van der Waals surface area contributed by atoms with Gasteiger partial charge in [0.05, 0.1) is 23.7 Å². The molecule has 9 heteroatoms. The highest BCUT2D eigenvalue weighted by Gasteiger charge is 2.36. The van der Waals surface area contributed by atoms with Gasteiger partial charge in [-0.1, -0.05) is 25.7 Å². The van der Waals surface area contributed by atoms with Crippen molar-refractivity contribution in [2.45, 2.75) is 51.4 Å². The van der Waals surface area contributed by atoms with E-state index in [2.05, 4.69) is 10.6 Å². The lowest BCUT2D eigenvalue weighted by Crippen LogP contribution is -2.36. The van der Waals surface area contributed by atoms with E-state index in [0.29, 0.717) is 48.6 Å². The standard InChI is InChI=1S/C28H32N2O7/c31-25(21-5-1-3-7-23(21)27(33)34)29-17-9-13-19(14-10-17)37-20-15-11-18(12-16-20)30-26(32)22-6-2-4-8-24(22)28(35)36/h9-16,21-24H,1-8H2,(H,29,31)(H,30,32)(H,33,34)(H,35,36)/t21-,22-,23+,24+/m0/s1. The molecule has 2 fully saturated rings. The highest BCUT2D eigenvalue weighted by molar-refractivity contribution is 5.96. The van der Waals surface area contributed by atoms with Crippen LogP contribution in [0, 0.1) is 23.7 Å². The van der Waals surface area contributed by atoms with E-state index in [9.17, 15) is 29.4 Å². The molecule has 0 radical (unpaired) electrons. The van der Waals surface area contributed by atoms with Gasteiger partial charge in [-0.3, -0.25) is 19.2 Å². The fourth-order valence-electron chi connectivity index (χ4n) is 5.30. The van der Waals surface area contributed by atoms with Gasteiger partial charge in [-0.25, -0.2) is 0 Å². The number of carbonyl (C=O) groups is 4. The van der Waals surface area contributed by atoms with Gasteiger partial charge in [0.1, 0.15) is 11.5 Å². The molecule has 196 valence electrons. The Kier molecular flexibility index (Phi) is 8.43. The summed E-state index contributed by atoms with van der Waals surface area (Å²) in [4.78, 5) is 48.3. The van der Waals surface area contributed by atoms with Crippen LogP contribution in [0.25, 0.3) is 0 Å². The minimum Gasteiger partial charge on any atom is -0.481 e. The molecule has 2 aliphatic rings. The number of carboxylic acid groups (broad SMARTS) is 2. The molecule has 2 aromatic rings. The summed E-state index contributed by atoms with van der Waals surface area (Å²) in [5.74, 6) is -3.67. The van der Waals surface area contributed by atoms with Gasteiger partial charge < -0.3 is 25.6 Å². The fourth-order valence-corrected chi connectivity index (χ4v) is 5.30. The van der Waals surface area contributed by atoms with E-state index in [0.717, 1.165) is 25.7 Å². The third kappa shape index (κ3) is 6.67. The summed E-state index contributed by atoms with van der Waals surface area (Å²) < 4.78 is 5.85. The largest absolute Gasteiger partial charge is 0.481 e. The summed E-state index contributed by atoms with van der Waals surface area (Å²) in [6.45, 7) is 0. The Morgan fingerprint density at radius 1 is 0.568 bits per heavy atom. The van der Waals surface area contributed by atoms with Crippen LogP contribution in [-0.4, -0.2) is 34.0 Å². The number of ether oxygens (including phenoxy) is 1. The minimum absolute atomic E-state index is 0.277. The van der Waals surface area contributed by atoms with E-state index < -0.39 is 35.6 Å². The number of carboxylic acids is 2. The minimum atomic E-state index is -0.923. The molecule has 0 aromatic heterocycles. The van der Waals surface area contributed by atoms with Gasteiger partial charge in [-0.15, -0.1) is 0 Å². The number of anilines is 2. The number of hydrogen-bond acceptors (Lipinski definition) is 5. The van der Waals surface area contributed by atoms with Crippen molar-refractivity contribution >= 4 is 35.1 Å². The fraction of sp³-hybridized carbons (Fsp3) is 0.429. The summed E-state index contributed by atoms with van der Waals surface area (Å²) in [6.07, 6.45) is 5.53. The van der Waals surface area contributed by atoms with Crippen molar-refractivity contribution in [3.8, 4) is 11.5 Å². The van der Waals surface area contributed by atoms with Crippen LogP contribution < -0.4 is 15.4 Å². The van der Waals surface area contributed by atoms with Crippen molar-refractivity contribution < 1.29 is 34.1 Å². The van der Waals surface area contributed by atoms with Gasteiger partial charge >= 0.3 is 11.9 Å². The molecule has 2 aromatic carbocycles. The predicted octanol–water partition coefficient (Wildman–Crippen LogP) is 5.14. The van der Waals surface area contributed by atoms with Crippen LogP contribution in [0.5, 0.6) is 11.5 Å². The highest BCUT2D eigenvalue weighted by Crippen LogP contribution is 2.33. The van der Waals surface area contributed by atoms with E-state index in [1.165, 1.54) is 0 Å². The van der Waals surface area contributed by atoms with Gasteiger partial charge in [0.15, 0.2) is 0 Å². The first kappa shape index (κ1) is 26.2. The van der Waals surface area contributed by atoms with Crippen molar-refractivity contribution in [3.63, 3.8) is 0 Å². The van der Waals surface area contributed by atoms with Crippen LogP contribution in [0.1, 0.15) is 51.4 Å². The van der Waals surface area contributed by atoms with Crippen LogP contribution in [0.3, 0.4) is 0 Å². The van der Waals surface area contributed by atoms with E-state index >= 15 is 0 Å². The number of aliphatic carboxylic acids is 2. The first-order valence-electron chi connectivity index (χ1n) is 12.8. The number of carbonyl (C=O) groups excluding carboxylic acids is 2. The molecule has 4 N–H and O–H groups in total. The molecule has 4 atom stereocenters. The van der Waals surface area contributed by atoms with Crippen LogP contribution in [0.2, 0.25) is 0 Å². The lowest BCUT2D eigenvalue weighted by molar-refractivity contribution is -0.148. The molecule has 0 saturated heterocycles. The maximum Gasteiger partial charge on any atom is 0.307 e. The second-order valence-electron chi connectivity index (χ2n) is 9.80. The third-order valence-electron chi connectivity index (χ3n) is 7.32. The number of nitrogens with one attached hydrogen (secondary N) is 2. The molecule has 0 spiro atoms. The molecule has 0 unspecified atom stereocenters. The van der Waals surface area contributed by atoms with E-state index in [1.54, 1.807) is 48.5 Å². The summed E-state index contributed by atoms with van der Waals surface area (Å²) in [6, 6.07) is 13.6. The average molecular weight is 509 g/mol. The lowest BCUT2D eigenvalue weighted by Gasteiger charge is -2.27. The molecule has 9 nitrogen and oxygen atoms in total. The van der Waals surface area contributed by atoms with Crippen molar-refractivity contribution in [2.75, 3.05) is 10.6 Å². The highest BCUT2D eigenvalue weighted by atomic mass is 16.5. The Hall–Kier alpha value is -3.88. The quantitative estimate of drug-likeness (QED) is 0.387. The molecule has 0 bridgehead atoms. The molecular formula is C28H32N2O7. The van der Waals surface area contributed by atoms with E-state index in [-0.39, 0.29) is 11.8 Å². The lowest BCUT2D eigenvalue weighted by atomic mass is 9.78. The topological polar surface area (TPSA) is 142 Å². The van der Waals surface area contributed by atoms with E-state index in [1.807, 2.05) is 0 Å². The van der Waals surface area contributed by atoms with Crippen LogP contribution in [0.4, 0.5) is 11.4 Å². The maximum atomic E-state index is 12.7. The van der Waals surface area contributed by atoms with Crippen LogP contribution in [-0.2, 0) is 19.2 Å². The van der Waals surface area contributed by atoms with Gasteiger partial charge in [0, 0.05) is 11.4 Å². The summed E-state index contributed by atoms with van der Waals surface area (Å²) >= 11 is 0. The van der Waals surface area contributed by atoms with E-state index in [4.69, 9.17) is 4.74 Å². The predicted molar refractivity (Wildman–Crippen MR) is 136 cm³/mol. The van der Waals surface area contributed by atoms with Crippen LogP contribution in [0.15, 0.2) is 48.5 Å². The van der Waals surface area contributed by atoms with Gasteiger partial charge in [-0.2, -0.15) is 0 Å². The number of hydrogen-bond donors (Lipinski definition) is 4. The second-order valence-corrected chi connectivity index (χ2v) is 9.80. The zero-order valence-corrected chi connectivity index (χ0v) is 20.5. The summed E-state index contributed by atoms with van der Waals surface area (Å²) in [5, 5.41) is 24.5. The molecule has 0 aliphatic heterocycles. The Balaban J connectivity index is 1.31. The monoisotopic (exact) mass is 508 g/mol. The average Bonchev–Trinajstić information content (AvgIpc) is 2.90. The third-order valence-corrected chi connectivity index (χ3v) is 7.32. The zero-order chi connectivity index (χ0) is 26.4. The number of rotatable bonds is 8. The van der Waals surface area contributed by atoms with Crippen molar-refractivity contribution in [1.82, 2.24) is 0 Å².